The van der Waals surface area contributed by atoms with Gasteiger partial charge in [-0.25, -0.2) is 0 Å². The Morgan fingerprint density at radius 3 is 2.55 bits per heavy atom. The molecule has 0 aliphatic heterocycles. The summed E-state index contributed by atoms with van der Waals surface area (Å²) < 4.78 is 1.56. The van der Waals surface area contributed by atoms with E-state index in [4.69, 9.17) is 40.5 Å². The highest BCUT2D eigenvalue weighted by atomic mass is 35.5. The Morgan fingerprint density at radius 2 is 1.95 bits per heavy atom. The molecule has 106 valence electrons. The van der Waals surface area contributed by atoms with Crippen LogP contribution < -0.4 is 11.1 Å². The minimum atomic E-state index is -0.853. The Bertz CT molecular complexity index is 656. The largest absolute Gasteiger partial charge is 0.323 e. The first-order valence-corrected chi connectivity index (χ1v) is 6.71. The third-order valence-electron chi connectivity index (χ3n) is 2.63. The van der Waals surface area contributed by atoms with Crippen LogP contribution in [0, 0.1) is 0 Å². The molecule has 1 heterocycles. The van der Waals surface area contributed by atoms with Gasteiger partial charge in [0.05, 0.1) is 27.0 Å². The van der Waals surface area contributed by atoms with E-state index in [1.54, 1.807) is 17.9 Å². The predicted molar refractivity (Wildman–Crippen MR) is 80.2 cm³/mol. The topological polar surface area (TPSA) is 72.9 Å². The van der Waals surface area contributed by atoms with Crippen LogP contribution in [0.3, 0.4) is 0 Å². The number of amides is 1. The van der Waals surface area contributed by atoms with Crippen LogP contribution in [0.5, 0.6) is 0 Å². The van der Waals surface area contributed by atoms with E-state index in [1.165, 1.54) is 18.3 Å². The molecule has 20 heavy (non-hydrogen) atoms. The molecule has 2 rings (SSSR count). The van der Waals surface area contributed by atoms with E-state index < -0.39 is 11.9 Å². The normalized spacial score (nSPS) is 12.2. The van der Waals surface area contributed by atoms with Crippen LogP contribution in [-0.2, 0) is 11.8 Å². The third-order valence-corrected chi connectivity index (χ3v) is 3.67. The smallest absolute Gasteiger partial charge is 0.246 e. The number of nitrogens with one attached hydrogen (secondary N) is 1. The van der Waals surface area contributed by atoms with Crippen molar-refractivity contribution in [1.29, 1.82) is 0 Å². The van der Waals surface area contributed by atoms with Crippen LogP contribution in [0.25, 0.3) is 0 Å². The van der Waals surface area contributed by atoms with Crippen molar-refractivity contribution >= 4 is 46.4 Å². The van der Waals surface area contributed by atoms with Crippen LogP contribution in [0.1, 0.15) is 11.6 Å². The lowest BCUT2D eigenvalue weighted by atomic mass is 10.1. The van der Waals surface area contributed by atoms with Crippen molar-refractivity contribution in [3.8, 4) is 0 Å². The zero-order valence-electron chi connectivity index (χ0n) is 10.4. The van der Waals surface area contributed by atoms with Crippen molar-refractivity contribution in [2.75, 3.05) is 5.32 Å². The molecule has 1 amide bonds. The molecule has 1 aromatic carbocycles. The van der Waals surface area contributed by atoms with Gasteiger partial charge in [-0.1, -0.05) is 34.8 Å². The molecule has 1 atom stereocenters. The molecule has 3 N–H and O–H groups in total. The summed E-state index contributed by atoms with van der Waals surface area (Å²) in [6.45, 7) is 0. The summed E-state index contributed by atoms with van der Waals surface area (Å²) in [5.41, 5.74) is 6.80. The molecule has 0 bridgehead atoms. The molecule has 1 aromatic heterocycles. The number of carbonyl (C=O) groups is 1. The summed E-state index contributed by atoms with van der Waals surface area (Å²) in [4.78, 5) is 12.1. The van der Waals surface area contributed by atoms with E-state index in [0.717, 1.165) is 0 Å². The number of hydrogen-bond donors (Lipinski definition) is 2. The van der Waals surface area contributed by atoms with Gasteiger partial charge in [-0.2, -0.15) is 5.10 Å². The van der Waals surface area contributed by atoms with Crippen molar-refractivity contribution < 1.29 is 4.79 Å². The van der Waals surface area contributed by atoms with Gasteiger partial charge in [-0.05, 0) is 12.1 Å². The van der Waals surface area contributed by atoms with Gasteiger partial charge in [0.25, 0.3) is 0 Å². The van der Waals surface area contributed by atoms with Crippen molar-refractivity contribution in [2.45, 2.75) is 6.04 Å². The number of rotatable bonds is 3. The second-order valence-corrected chi connectivity index (χ2v) is 5.38. The molecular weight excluding hydrogens is 323 g/mol. The summed E-state index contributed by atoms with van der Waals surface area (Å²) in [5.74, 6) is -0.418. The van der Waals surface area contributed by atoms with Crippen LogP contribution in [0.2, 0.25) is 15.1 Å². The van der Waals surface area contributed by atoms with Crippen LogP contribution in [-0.4, -0.2) is 15.7 Å². The standard InChI is InChI=1S/C12H11Cl3N4O/c1-19-5-6(4-17-19)11(16)12(20)18-10-3-8(14)7(13)2-9(10)15/h2-5,11H,16H2,1H3,(H,18,20). The Labute approximate surface area is 130 Å². The van der Waals surface area contributed by atoms with Gasteiger partial charge in [0.15, 0.2) is 0 Å². The van der Waals surface area contributed by atoms with E-state index in [-0.39, 0.29) is 5.02 Å². The number of carbonyl (C=O) groups excluding carboxylic acids is 1. The number of aryl methyl sites for hydroxylation is 1. The first-order valence-electron chi connectivity index (χ1n) is 5.58. The van der Waals surface area contributed by atoms with Crippen molar-refractivity contribution in [1.82, 2.24) is 9.78 Å². The monoisotopic (exact) mass is 332 g/mol. The maximum atomic E-state index is 12.1. The SMILES string of the molecule is Cn1cc(C(N)C(=O)Nc2cc(Cl)c(Cl)cc2Cl)cn1. The summed E-state index contributed by atoms with van der Waals surface area (Å²) in [7, 11) is 1.74. The lowest BCUT2D eigenvalue weighted by Crippen LogP contribution is -2.27. The quantitative estimate of drug-likeness (QED) is 0.848. The molecule has 5 nitrogen and oxygen atoms in total. The van der Waals surface area contributed by atoms with Crippen molar-refractivity contribution in [3.05, 3.63) is 45.2 Å². The average Bonchev–Trinajstić information content (AvgIpc) is 2.81. The van der Waals surface area contributed by atoms with Gasteiger partial charge >= 0.3 is 0 Å². The van der Waals surface area contributed by atoms with Crippen LogP contribution in [0.4, 0.5) is 5.69 Å². The minimum absolute atomic E-state index is 0.283. The third kappa shape index (κ3) is 3.24. The Kier molecular flexibility index (Phi) is 4.55. The molecule has 0 fully saturated rings. The summed E-state index contributed by atoms with van der Waals surface area (Å²) in [5, 5.41) is 7.46. The van der Waals surface area contributed by atoms with Crippen molar-refractivity contribution in [3.63, 3.8) is 0 Å². The number of nitrogens with zero attached hydrogens (tertiary/aromatic N) is 2. The Hall–Kier alpha value is -1.27. The first-order chi connectivity index (χ1) is 9.38. The highest BCUT2D eigenvalue weighted by Crippen LogP contribution is 2.32. The molecule has 0 saturated heterocycles. The number of halogens is 3. The lowest BCUT2D eigenvalue weighted by molar-refractivity contribution is -0.117. The number of anilines is 1. The average molecular weight is 334 g/mol. The zero-order chi connectivity index (χ0) is 14.9. The van der Waals surface area contributed by atoms with Gasteiger partial charge in [-0.3, -0.25) is 9.48 Å². The molecule has 8 heteroatoms. The van der Waals surface area contributed by atoms with Gasteiger partial charge in [0.1, 0.15) is 6.04 Å². The Balaban J connectivity index is 2.17. The number of benzene rings is 1. The van der Waals surface area contributed by atoms with Crippen molar-refractivity contribution in [2.24, 2.45) is 12.8 Å². The number of hydrogen-bond acceptors (Lipinski definition) is 3. The second-order valence-electron chi connectivity index (χ2n) is 4.16. The second kappa shape index (κ2) is 6.01. The van der Waals surface area contributed by atoms with E-state index in [2.05, 4.69) is 10.4 Å². The first kappa shape index (κ1) is 15.1. The zero-order valence-corrected chi connectivity index (χ0v) is 12.7. The lowest BCUT2D eigenvalue weighted by Gasteiger charge is -2.12. The molecule has 0 aliphatic carbocycles. The fourth-order valence-corrected chi connectivity index (χ4v) is 2.18. The van der Waals surface area contributed by atoms with E-state index in [9.17, 15) is 4.79 Å². The van der Waals surface area contributed by atoms with Crippen LogP contribution >= 0.6 is 34.8 Å². The Morgan fingerprint density at radius 1 is 1.30 bits per heavy atom. The van der Waals surface area contributed by atoms with E-state index in [1.807, 2.05) is 0 Å². The highest BCUT2D eigenvalue weighted by molar-refractivity contribution is 6.44. The predicted octanol–water partition coefficient (Wildman–Crippen LogP) is 3.02. The fourth-order valence-electron chi connectivity index (χ4n) is 1.58. The van der Waals surface area contributed by atoms with Gasteiger partial charge in [0, 0.05) is 18.8 Å². The van der Waals surface area contributed by atoms with E-state index >= 15 is 0 Å². The summed E-state index contributed by atoms with van der Waals surface area (Å²) in [6.07, 6.45) is 3.20. The van der Waals surface area contributed by atoms with Gasteiger partial charge in [0.2, 0.25) is 5.91 Å². The summed E-state index contributed by atoms with van der Waals surface area (Å²) in [6, 6.07) is 2.07. The number of aromatic nitrogens is 2. The van der Waals surface area contributed by atoms with Crippen LogP contribution in [0.15, 0.2) is 24.5 Å². The molecule has 1 unspecified atom stereocenters. The highest BCUT2D eigenvalue weighted by Gasteiger charge is 2.19. The molecular formula is C12H11Cl3N4O. The molecule has 0 saturated carbocycles. The molecule has 0 spiro atoms. The van der Waals surface area contributed by atoms with Gasteiger partial charge < -0.3 is 11.1 Å². The molecule has 0 radical (unpaired) electrons. The minimum Gasteiger partial charge on any atom is -0.323 e. The summed E-state index contributed by atoms with van der Waals surface area (Å²) >= 11 is 17.7. The maximum Gasteiger partial charge on any atom is 0.246 e. The fraction of sp³-hybridized carbons (Fsp3) is 0.167. The molecule has 0 aliphatic rings. The maximum absolute atomic E-state index is 12.1. The van der Waals surface area contributed by atoms with E-state index in [0.29, 0.717) is 21.3 Å². The van der Waals surface area contributed by atoms with Gasteiger partial charge in [-0.15, -0.1) is 0 Å². The molecule has 2 aromatic rings. The number of nitrogens with two attached hydrogens (primary N) is 1.